The Hall–Kier alpha value is -1.92. The van der Waals surface area contributed by atoms with Crippen LogP contribution in [0.3, 0.4) is 0 Å². The summed E-state index contributed by atoms with van der Waals surface area (Å²) in [6.07, 6.45) is 2.07. The molecule has 1 atom stereocenters. The molecule has 0 radical (unpaired) electrons. The Bertz CT molecular complexity index is 573. The summed E-state index contributed by atoms with van der Waals surface area (Å²) in [7, 11) is 1.57. The summed E-state index contributed by atoms with van der Waals surface area (Å²) in [5, 5.41) is 18.4. The third kappa shape index (κ3) is 2.59. The Morgan fingerprint density at radius 1 is 1.53 bits per heavy atom. The lowest BCUT2D eigenvalue weighted by Crippen LogP contribution is -2.16. The number of aliphatic hydroxyl groups excluding tert-OH is 1. The number of nitrogens with zero attached hydrogens (tertiary/aromatic N) is 2. The van der Waals surface area contributed by atoms with Gasteiger partial charge in [-0.05, 0) is 18.6 Å². The van der Waals surface area contributed by atoms with Crippen LogP contribution in [0.1, 0.15) is 22.8 Å². The van der Waals surface area contributed by atoms with E-state index in [9.17, 15) is 9.90 Å². The molecule has 0 bridgehead atoms. The summed E-state index contributed by atoms with van der Waals surface area (Å²) in [4.78, 5) is 15.5. The van der Waals surface area contributed by atoms with Crippen molar-refractivity contribution in [3.63, 3.8) is 0 Å². The fraction of sp³-hybridized carbons (Fsp3) is 0.385. The SMILES string of the molecule is COCC(CCO)n1cnc2cccc(C(=O)O)c21. The van der Waals surface area contributed by atoms with Crippen LogP contribution < -0.4 is 0 Å². The molecular weight excluding hydrogens is 248 g/mol. The molecule has 0 saturated heterocycles. The van der Waals surface area contributed by atoms with Crippen LogP contribution in [0.25, 0.3) is 11.0 Å². The summed E-state index contributed by atoms with van der Waals surface area (Å²) >= 11 is 0. The molecule has 0 aliphatic heterocycles. The molecule has 2 aromatic rings. The average Bonchev–Trinajstić information content (AvgIpc) is 2.81. The summed E-state index contributed by atoms with van der Waals surface area (Å²) < 4.78 is 6.88. The van der Waals surface area contributed by atoms with E-state index in [-0.39, 0.29) is 18.2 Å². The van der Waals surface area contributed by atoms with E-state index in [1.807, 2.05) is 0 Å². The number of ether oxygens (including phenoxy) is 1. The summed E-state index contributed by atoms with van der Waals surface area (Å²) in [5.41, 5.74) is 1.39. The molecule has 1 aromatic carbocycles. The van der Waals surface area contributed by atoms with Crippen LogP contribution in [0, 0.1) is 0 Å². The first kappa shape index (κ1) is 13.5. The van der Waals surface area contributed by atoms with E-state index < -0.39 is 5.97 Å². The number of aromatic nitrogens is 2. The predicted octanol–water partition coefficient (Wildman–Crippen LogP) is 1.30. The molecule has 0 aliphatic carbocycles. The van der Waals surface area contributed by atoms with E-state index in [0.717, 1.165) is 0 Å². The Labute approximate surface area is 110 Å². The molecule has 2 rings (SSSR count). The summed E-state index contributed by atoms with van der Waals surface area (Å²) in [6, 6.07) is 4.84. The summed E-state index contributed by atoms with van der Waals surface area (Å²) in [6.45, 7) is 0.392. The normalized spacial score (nSPS) is 12.7. The van der Waals surface area contributed by atoms with Gasteiger partial charge in [-0.1, -0.05) is 6.07 Å². The number of carboxylic acid groups (broad SMARTS) is 1. The van der Waals surface area contributed by atoms with E-state index in [1.165, 1.54) is 0 Å². The highest BCUT2D eigenvalue weighted by molar-refractivity contribution is 6.01. The molecule has 0 amide bonds. The van der Waals surface area contributed by atoms with E-state index in [0.29, 0.717) is 24.1 Å². The maximum absolute atomic E-state index is 11.3. The Morgan fingerprint density at radius 2 is 2.32 bits per heavy atom. The number of methoxy groups -OCH3 is 1. The molecule has 0 saturated carbocycles. The number of aromatic carboxylic acids is 1. The summed E-state index contributed by atoms with van der Waals surface area (Å²) in [5.74, 6) is -0.993. The van der Waals surface area contributed by atoms with Gasteiger partial charge < -0.3 is 19.5 Å². The molecule has 1 heterocycles. The number of benzene rings is 1. The van der Waals surface area contributed by atoms with Crippen molar-refractivity contribution in [3.8, 4) is 0 Å². The van der Waals surface area contributed by atoms with Gasteiger partial charge in [0, 0.05) is 13.7 Å². The van der Waals surface area contributed by atoms with E-state index in [1.54, 1.807) is 36.2 Å². The standard InChI is InChI=1S/C13H16N2O4/c1-19-7-9(5-6-16)15-8-14-11-4-2-3-10(12(11)15)13(17)18/h2-4,8-9,16H,5-7H2,1H3,(H,17,18). The van der Waals surface area contributed by atoms with Crippen LogP contribution in [0.5, 0.6) is 0 Å². The van der Waals surface area contributed by atoms with Crippen molar-refractivity contribution in [2.45, 2.75) is 12.5 Å². The second kappa shape index (κ2) is 5.81. The van der Waals surface area contributed by atoms with Crippen molar-refractivity contribution in [2.24, 2.45) is 0 Å². The molecule has 6 nitrogen and oxygen atoms in total. The van der Waals surface area contributed by atoms with Gasteiger partial charge in [-0.25, -0.2) is 9.78 Å². The Balaban J connectivity index is 2.56. The van der Waals surface area contributed by atoms with Crippen molar-refractivity contribution in [2.75, 3.05) is 20.3 Å². The van der Waals surface area contributed by atoms with Gasteiger partial charge >= 0.3 is 5.97 Å². The van der Waals surface area contributed by atoms with Crippen molar-refractivity contribution in [1.82, 2.24) is 9.55 Å². The number of carbonyl (C=O) groups is 1. The molecule has 19 heavy (non-hydrogen) atoms. The maximum Gasteiger partial charge on any atom is 0.337 e. The zero-order chi connectivity index (χ0) is 13.8. The van der Waals surface area contributed by atoms with Crippen molar-refractivity contribution >= 4 is 17.0 Å². The third-order valence-corrected chi connectivity index (χ3v) is 3.04. The number of aliphatic hydroxyl groups is 1. The minimum absolute atomic E-state index is 0.00292. The zero-order valence-corrected chi connectivity index (χ0v) is 10.6. The first-order chi connectivity index (χ1) is 9.19. The largest absolute Gasteiger partial charge is 0.478 e. The number of fused-ring (bicyclic) bond motifs is 1. The second-order valence-electron chi connectivity index (χ2n) is 4.25. The third-order valence-electron chi connectivity index (χ3n) is 3.04. The molecule has 1 aromatic heterocycles. The van der Waals surface area contributed by atoms with Crippen molar-refractivity contribution in [3.05, 3.63) is 30.1 Å². The molecule has 0 fully saturated rings. The number of hydrogen-bond donors (Lipinski definition) is 2. The van der Waals surface area contributed by atoms with E-state index >= 15 is 0 Å². The highest BCUT2D eigenvalue weighted by Crippen LogP contribution is 2.23. The zero-order valence-electron chi connectivity index (χ0n) is 10.6. The van der Waals surface area contributed by atoms with Crippen molar-refractivity contribution in [1.29, 1.82) is 0 Å². The minimum atomic E-state index is -0.993. The lowest BCUT2D eigenvalue weighted by molar-refractivity contribution is 0.0698. The number of carboxylic acids is 1. The maximum atomic E-state index is 11.3. The molecule has 102 valence electrons. The van der Waals surface area contributed by atoms with Crippen LogP contribution in [0.2, 0.25) is 0 Å². The highest BCUT2D eigenvalue weighted by atomic mass is 16.5. The van der Waals surface area contributed by atoms with Crippen LogP contribution in [-0.4, -0.2) is 46.1 Å². The lowest BCUT2D eigenvalue weighted by Gasteiger charge is -2.18. The molecule has 0 aliphatic rings. The van der Waals surface area contributed by atoms with Gasteiger partial charge in [0.1, 0.15) is 0 Å². The number of imidazole rings is 1. The van der Waals surface area contributed by atoms with Crippen LogP contribution in [0.15, 0.2) is 24.5 Å². The van der Waals surface area contributed by atoms with Gasteiger partial charge in [-0.3, -0.25) is 0 Å². The topological polar surface area (TPSA) is 84.6 Å². The molecule has 2 N–H and O–H groups in total. The van der Waals surface area contributed by atoms with Gasteiger partial charge in [0.05, 0.1) is 35.6 Å². The monoisotopic (exact) mass is 264 g/mol. The van der Waals surface area contributed by atoms with E-state index in [4.69, 9.17) is 9.84 Å². The number of rotatable bonds is 6. The van der Waals surface area contributed by atoms with Crippen LogP contribution in [-0.2, 0) is 4.74 Å². The number of hydrogen-bond acceptors (Lipinski definition) is 4. The van der Waals surface area contributed by atoms with Crippen LogP contribution in [0.4, 0.5) is 0 Å². The van der Waals surface area contributed by atoms with Gasteiger partial charge in [-0.2, -0.15) is 0 Å². The Morgan fingerprint density at radius 3 is 2.95 bits per heavy atom. The van der Waals surface area contributed by atoms with E-state index in [2.05, 4.69) is 4.98 Å². The first-order valence-corrected chi connectivity index (χ1v) is 5.97. The van der Waals surface area contributed by atoms with Gasteiger partial charge in [-0.15, -0.1) is 0 Å². The Kier molecular flexibility index (Phi) is 4.13. The quantitative estimate of drug-likeness (QED) is 0.821. The second-order valence-corrected chi connectivity index (χ2v) is 4.25. The molecule has 1 unspecified atom stereocenters. The van der Waals surface area contributed by atoms with Gasteiger partial charge in [0.2, 0.25) is 0 Å². The predicted molar refractivity (Wildman–Crippen MR) is 69.3 cm³/mol. The fourth-order valence-corrected chi connectivity index (χ4v) is 2.18. The minimum Gasteiger partial charge on any atom is -0.478 e. The smallest absolute Gasteiger partial charge is 0.337 e. The average molecular weight is 264 g/mol. The molecular formula is C13H16N2O4. The van der Waals surface area contributed by atoms with Gasteiger partial charge in [0.25, 0.3) is 0 Å². The fourth-order valence-electron chi connectivity index (χ4n) is 2.18. The highest BCUT2D eigenvalue weighted by Gasteiger charge is 2.18. The lowest BCUT2D eigenvalue weighted by atomic mass is 10.1. The first-order valence-electron chi connectivity index (χ1n) is 5.97. The molecule has 0 spiro atoms. The van der Waals surface area contributed by atoms with Gasteiger partial charge in [0.15, 0.2) is 0 Å². The van der Waals surface area contributed by atoms with Crippen molar-refractivity contribution < 1.29 is 19.7 Å². The van der Waals surface area contributed by atoms with Crippen LogP contribution >= 0.6 is 0 Å². The number of para-hydroxylation sites is 1. The molecule has 6 heteroatoms.